The first-order valence-electron chi connectivity index (χ1n) is 4.58. The number of aromatic nitrogens is 2. The fraction of sp³-hybridized carbons (Fsp3) is 0.250. The third-order valence-corrected chi connectivity index (χ3v) is 2.69. The number of nitrogens with zero attached hydrogens (tertiary/aromatic N) is 2. The minimum absolute atomic E-state index is 0. The van der Waals surface area contributed by atoms with E-state index < -0.39 is 0 Å². The highest BCUT2D eigenvalue weighted by Gasteiger charge is 2.08. The SMILES string of the molecule is C#CCn1c(C)c(C)c2ccncc21.Cl. The largest absolute Gasteiger partial charge is 0.332 e. The van der Waals surface area contributed by atoms with Crippen LogP contribution in [0.1, 0.15) is 11.3 Å². The summed E-state index contributed by atoms with van der Waals surface area (Å²) < 4.78 is 2.12. The third-order valence-electron chi connectivity index (χ3n) is 2.69. The summed E-state index contributed by atoms with van der Waals surface area (Å²) in [5.74, 6) is 2.67. The molecular weight excluding hydrogens is 208 g/mol. The van der Waals surface area contributed by atoms with Crippen molar-refractivity contribution in [3.63, 3.8) is 0 Å². The smallest absolute Gasteiger partial charge is 0.0838 e. The third kappa shape index (κ3) is 1.71. The average Bonchev–Trinajstić information content (AvgIpc) is 2.45. The predicted octanol–water partition coefficient (Wildman–Crippen LogP) is 2.71. The first kappa shape index (κ1) is 11.6. The van der Waals surface area contributed by atoms with E-state index in [4.69, 9.17) is 6.42 Å². The first-order chi connectivity index (χ1) is 6.75. The molecule has 2 aromatic rings. The summed E-state index contributed by atoms with van der Waals surface area (Å²) in [6, 6.07) is 2.03. The van der Waals surface area contributed by atoms with Crippen molar-refractivity contribution < 1.29 is 0 Å². The number of hydrogen-bond acceptors (Lipinski definition) is 1. The molecule has 15 heavy (non-hydrogen) atoms. The molecule has 0 unspecified atom stereocenters. The zero-order chi connectivity index (χ0) is 10.1. The second-order valence-electron chi connectivity index (χ2n) is 3.39. The normalized spacial score (nSPS) is 9.67. The van der Waals surface area contributed by atoms with Gasteiger partial charge in [-0.1, -0.05) is 5.92 Å². The Morgan fingerprint density at radius 3 is 2.87 bits per heavy atom. The van der Waals surface area contributed by atoms with Gasteiger partial charge in [-0.05, 0) is 25.5 Å². The Morgan fingerprint density at radius 1 is 1.47 bits per heavy atom. The molecule has 2 rings (SSSR count). The van der Waals surface area contributed by atoms with Gasteiger partial charge in [0.05, 0.1) is 18.3 Å². The molecule has 0 fully saturated rings. The van der Waals surface area contributed by atoms with E-state index in [1.54, 1.807) is 0 Å². The summed E-state index contributed by atoms with van der Waals surface area (Å²) >= 11 is 0. The summed E-state index contributed by atoms with van der Waals surface area (Å²) in [5.41, 5.74) is 3.64. The van der Waals surface area contributed by atoms with Crippen LogP contribution in [0, 0.1) is 26.2 Å². The molecule has 0 aliphatic carbocycles. The predicted molar refractivity (Wildman–Crippen MR) is 65.3 cm³/mol. The molecule has 3 heteroatoms. The lowest BCUT2D eigenvalue weighted by atomic mass is 10.2. The van der Waals surface area contributed by atoms with Gasteiger partial charge in [-0.25, -0.2) is 0 Å². The van der Waals surface area contributed by atoms with E-state index in [0.29, 0.717) is 6.54 Å². The first-order valence-corrected chi connectivity index (χ1v) is 4.58. The van der Waals surface area contributed by atoms with E-state index in [1.807, 2.05) is 18.5 Å². The van der Waals surface area contributed by atoms with E-state index in [0.717, 1.165) is 5.52 Å². The van der Waals surface area contributed by atoms with E-state index in [1.165, 1.54) is 16.6 Å². The maximum absolute atomic E-state index is 5.34. The van der Waals surface area contributed by atoms with Crippen LogP contribution in [-0.2, 0) is 6.54 Å². The highest BCUT2D eigenvalue weighted by Crippen LogP contribution is 2.23. The van der Waals surface area contributed by atoms with Gasteiger partial charge in [0.2, 0.25) is 0 Å². The molecule has 78 valence electrons. The van der Waals surface area contributed by atoms with Crippen molar-refractivity contribution in [2.75, 3.05) is 0 Å². The van der Waals surface area contributed by atoms with Crippen LogP contribution in [0.2, 0.25) is 0 Å². The Labute approximate surface area is 95.7 Å². The van der Waals surface area contributed by atoms with Crippen LogP contribution in [-0.4, -0.2) is 9.55 Å². The van der Waals surface area contributed by atoms with Crippen LogP contribution >= 0.6 is 12.4 Å². The van der Waals surface area contributed by atoms with Gasteiger partial charge < -0.3 is 4.57 Å². The molecule has 0 aliphatic heterocycles. The molecule has 0 spiro atoms. The molecular formula is C12H13ClN2. The topological polar surface area (TPSA) is 17.8 Å². The Hall–Kier alpha value is -1.46. The molecule has 0 saturated heterocycles. The molecule has 0 aromatic carbocycles. The molecule has 2 heterocycles. The number of aryl methyl sites for hydroxylation is 1. The Kier molecular flexibility index (Phi) is 3.39. The van der Waals surface area contributed by atoms with Crippen LogP contribution < -0.4 is 0 Å². The van der Waals surface area contributed by atoms with Gasteiger partial charge in [0.15, 0.2) is 0 Å². The molecule has 2 nitrogen and oxygen atoms in total. The standard InChI is InChI=1S/C12H12N2.ClH/c1-4-7-14-10(3)9(2)11-5-6-13-8-12(11)14;/h1,5-6,8H,7H2,2-3H3;1H. The lowest BCUT2D eigenvalue weighted by molar-refractivity contribution is 0.840. The summed E-state index contributed by atoms with van der Waals surface area (Å²) in [6.07, 6.45) is 9.02. The van der Waals surface area contributed by atoms with Gasteiger partial charge in [0.25, 0.3) is 0 Å². The summed E-state index contributed by atoms with van der Waals surface area (Å²) in [7, 11) is 0. The molecule has 0 N–H and O–H groups in total. The molecule has 0 amide bonds. The van der Waals surface area contributed by atoms with Crippen molar-refractivity contribution in [2.45, 2.75) is 20.4 Å². The van der Waals surface area contributed by atoms with E-state index in [2.05, 4.69) is 29.3 Å². The number of halogens is 1. The molecule has 0 saturated carbocycles. The summed E-state index contributed by atoms with van der Waals surface area (Å²) in [6.45, 7) is 4.82. The molecule has 2 aromatic heterocycles. The molecule has 0 bridgehead atoms. The number of rotatable bonds is 1. The van der Waals surface area contributed by atoms with Gasteiger partial charge >= 0.3 is 0 Å². The minimum Gasteiger partial charge on any atom is -0.332 e. The number of fused-ring (bicyclic) bond motifs is 1. The highest BCUT2D eigenvalue weighted by atomic mass is 35.5. The van der Waals surface area contributed by atoms with Gasteiger partial charge in [-0.3, -0.25) is 4.98 Å². The van der Waals surface area contributed by atoms with Gasteiger partial charge in [-0.15, -0.1) is 18.8 Å². The summed E-state index contributed by atoms with van der Waals surface area (Å²) in [4.78, 5) is 4.12. The quantitative estimate of drug-likeness (QED) is 0.676. The second kappa shape index (κ2) is 4.37. The number of pyridine rings is 1. The minimum atomic E-state index is 0. The van der Waals surface area contributed by atoms with Crippen LogP contribution in [0.3, 0.4) is 0 Å². The highest BCUT2D eigenvalue weighted by molar-refractivity contribution is 5.85. The van der Waals surface area contributed by atoms with Crippen molar-refractivity contribution in [3.8, 4) is 12.3 Å². The summed E-state index contributed by atoms with van der Waals surface area (Å²) in [5, 5.41) is 1.24. The maximum Gasteiger partial charge on any atom is 0.0838 e. The Morgan fingerprint density at radius 2 is 2.20 bits per heavy atom. The van der Waals surface area contributed by atoms with Crippen LogP contribution in [0.5, 0.6) is 0 Å². The van der Waals surface area contributed by atoms with Crippen molar-refractivity contribution >= 4 is 23.3 Å². The van der Waals surface area contributed by atoms with Crippen LogP contribution in [0.25, 0.3) is 10.9 Å². The van der Waals surface area contributed by atoms with Crippen molar-refractivity contribution in [2.24, 2.45) is 0 Å². The van der Waals surface area contributed by atoms with Crippen molar-refractivity contribution in [1.29, 1.82) is 0 Å². The van der Waals surface area contributed by atoms with E-state index in [-0.39, 0.29) is 12.4 Å². The van der Waals surface area contributed by atoms with Crippen LogP contribution in [0.15, 0.2) is 18.5 Å². The van der Waals surface area contributed by atoms with Crippen molar-refractivity contribution in [1.82, 2.24) is 9.55 Å². The van der Waals surface area contributed by atoms with E-state index >= 15 is 0 Å². The Balaban J connectivity index is 0.00000112. The van der Waals surface area contributed by atoms with Gasteiger partial charge in [0, 0.05) is 17.3 Å². The lowest BCUT2D eigenvalue weighted by Crippen LogP contribution is -1.97. The number of terminal acetylenes is 1. The molecule has 0 radical (unpaired) electrons. The zero-order valence-electron chi connectivity index (χ0n) is 8.82. The van der Waals surface area contributed by atoms with Crippen molar-refractivity contribution in [3.05, 3.63) is 29.7 Å². The fourth-order valence-electron chi connectivity index (χ4n) is 1.79. The molecule has 0 atom stereocenters. The maximum atomic E-state index is 5.34. The fourth-order valence-corrected chi connectivity index (χ4v) is 1.79. The van der Waals surface area contributed by atoms with Gasteiger partial charge in [0.1, 0.15) is 0 Å². The Bertz CT molecular complexity index is 520. The van der Waals surface area contributed by atoms with Gasteiger partial charge in [-0.2, -0.15) is 0 Å². The lowest BCUT2D eigenvalue weighted by Gasteiger charge is -2.01. The average molecular weight is 221 g/mol. The monoisotopic (exact) mass is 220 g/mol. The van der Waals surface area contributed by atoms with E-state index in [9.17, 15) is 0 Å². The second-order valence-corrected chi connectivity index (χ2v) is 3.39. The molecule has 0 aliphatic rings. The number of hydrogen-bond donors (Lipinski definition) is 0. The van der Waals surface area contributed by atoms with Crippen LogP contribution in [0.4, 0.5) is 0 Å². The zero-order valence-corrected chi connectivity index (χ0v) is 9.64.